The highest BCUT2D eigenvalue weighted by Gasteiger charge is 2.33. The molecule has 0 radical (unpaired) electrons. The maximum atomic E-state index is 12.6. The van der Waals surface area contributed by atoms with E-state index in [1.807, 2.05) is 30.3 Å². The van der Waals surface area contributed by atoms with Gasteiger partial charge in [-0.1, -0.05) is 30.3 Å². The van der Waals surface area contributed by atoms with E-state index >= 15 is 0 Å². The Bertz CT molecular complexity index is 992. The molecule has 0 saturated heterocycles. The van der Waals surface area contributed by atoms with Crippen molar-refractivity contribution in [2.45, 2.75) is 19.1 Å². The topological polar surface area (TPSA) is 46.9 Å². The first kappa shape index (κ1) is 16.4. The lowest BCUT2D eigenvalue weighted by Gasteiger charge is -2.08. The van der Waals surface area contributed by atoms with Crippen LogP contribution in [0, 0.1) is 0 Å². The van der Waals surface area contributed by atoms with Gasteiger partial charge in [0.05, 0.1) is 0 Å². The number of hydrogen-bond acceptors (Lipinski definition) is 2. The number of nitrogens with one attached hydrogen (secondary N) is 1. The van der Waals surface area contributed by atoms with Crippen LogP contribution in [0.2, 0.25) is 0 Å². The highest BCUT2D eigenvalue weighted by molar-refractivity contribution is 5.92. The zero-order chi connectivity index (χ0) is 18.3. The second-order valence-electron chi connectivity index (χ2n) is 6.15. The van der Waals surface area contributed by atoms with Gasteiger partial charge in [0.1, 0.15) is 6.54 Å². The molecule has 3 aromatic rings. The number of halogens is 3. The molecule has 1 N–H and O–H groups in total. The van der Waals surface area contributed by atoms with Gasteiger partial charge < -0.3 is 5.32 Å². The number of anilines is 1. The molecule has 1 aromatic heterocycles. The van der Waals surface area contributed by atoms with E-state index in [9.17, 15) is 18.0 Å². The largest absolute Gasteiger partial charge is 0.435 e. The molecule has 0 atom stereocenters. The lowest BCUT2D eigenvalue weighted by molar-refractivity contribution is -0.141. The van der Waals surface area contributed by atoms with Crippen molar-refractivity contribution < 1.29 is 18.0 Å². The molecule has 0 saturated carbocycles. The van der Waals surface area contributed by atoms with Gasteiger partial charge in [0.2, 0.25) is 5.91 Å². The van der Waals surface area contributed by atoms with Gasteiger partial charge in [-0.15, -0.1) is 0 Å². The number of fused-ring (bicyclic) bond motifs is 3. The molecule has 2 aromatic carbocycles. The molecule has 1 amide bonds. The normalized spacial score (nSPS) is 12.6. The Morgan fingerprint density at radius 2 is 1.85 bits per heavy atom. The summed E-state index contributed by atoms with van der Waals surface area (Å²) < 4.78 is 38.6. The number of hydrogen-bond donors (Lipinski definition) is 1. The first-order valence-electron chi connectivity index (χ1n) is 8.02. The van der Waals surface area contributed by atoms with Crippen LogP contribution in [0.5, 0.6) is 0 Å². The quantitative estimate of drug-likeness (QED) is 0.600. The third kappa shape index (κ3) is 3.08. The van der Waals surface area contributed by atoms with Gasteiger partial charge in [0.15, 0.2) is 5.69 Å². The van der Waals surface area contributed by atoms with Gasteiger partial charge in [0, 0.05) is 11.9 Å². The molecular formula is C19H14F3N3O. The molecular weight excluding hydrogens is 343 g/mol. The van der Waals surface area contributed by atoms with Gasteiger partial charge in [0.25, 0.3) is 0 Å². The summed E-state index contributed by atoms with van der Waals surface area (Å²) in [4.78, 5) is 12.1. The average Bonchev–Trinajstić information content (AvgIpc) is 3.19. The Morgan fingerprint density at radius 1 is 1.08 bits per heavy atom. The summed E-state index contributed by atoms with van der Waals surface area (Å²) in [5.74, 6) is -0.437. The van der Waals surface area contributed by atoms with Crippen LogP contribution < -0.4 is 5.32 Å². The Balaban J connectivity index is 1.49. The summed E-state index contributed by atoms with van der Waals surface area (Å²) >= 11 is 0. The number of amides is 1. The number of nitrogens with zero attached hydrogens (tertiary/aromatic N) is 2. The van der Waals surface area contributed by atoms with Crippen molar-refractivity contribution in [1.29, 1.82) is 0 Å². The van der Waals surface area contributed by atoms with E-state index in [1.165, 1.54) is 11.1 Å². The van der Waals surface area contributed by atoms with Crippen molar-refractivity contribution in [2.75, 3.05) is 5.32 Å². The maximum Gasteiger partial charge on any atom is 0.435 e. The first-order valence-corrected chi connectivity index (χ1v) is 8.02. The SMILES string of the molecule is O=C(Cn1ccc(C(F)(F)F)n1)Nc1ccc2c(c1)-c1ccccc1C2. The second-order valence-corrected chi connectivity index (χ2v) is 6.15. The Labute approximate surface area is 147 Å². The summed E-state index contributed by atoms with van der Waals surface area (Å²) in [6.45, 7) is -0.288. The molecule has 132 valence electrons. The van der Waals surface area contributed by atoms with Gasteiger partial charge in [-0.05, 0) is 46.9 Å². The lowest BCUT2D eigenvalue weighted by atomic mass is 10.1. The number of alkyl halides is 3. The van der Waals surface area contributed by atoms with E-state index in [0.717, 1.165) is 34.5 Å². The monoisotopic (exact) mass is 357 g/mol. The van der Waals surface area contributed by atoms with E-state index in [0.29, 0.717) is 5.69 Å². The highest BCUT2D eigenvalue weighted by atomic mass is 19.4. The van der Waals surface area contributed by atoms with Crippen LogP contribution in [0.25, 0.3) is 11.1 Å². The van der Waals surface area contributed by atoms with Crippen molar-refractivity contribution in [3.05, 3.63) is 71.5 Å². The minimum atomic E-state index is -4.52. The number of benzene rings is 2. The summed E-state index contributed by atoms with van der Waals surface area (Å²) in [5, 5.41) is 6.10. The molecule has 4 nitrogen and oxygen atoms in total. The van der Waals surface area contributed by atoms with Gasteiger partial charge >= 0.3 is 6.18 Å². The van der Waals surface area contributed by atoms with E-state index in [2.05, 4.69) is 16.5 Å². The Morgan fingerprint density at radius 3 is 2.62 bits per heavy atom. The number of aromatic nitrogens is 2. The van der Waals surface area contributed by atoms with E-state index in [-0.39, 0.29) is 6.54 Å². The molecule has 1 heterocycles. The minimum absolute atomic E-state index is 0.288. The predicted octanol–water partition coefficient (Wildman–Crippen LogP) is 4.11. The molecule has 1 aliphatic carbocycles. The molecule has 1 aliphatic rings. The molecule has 0 bridgehead atoms. The third-order valence-corrected chi connectivity index (χ3v) is 4.32. The highest BCUT2D eigenvalue weighted by Crippen LogP contribution is 2.37. The van der Waals surface area contributed by atoms with Crippen molar-refractivity contribution in [2.24, 2.45) is 0 Å². The van der Waals surface area contributed by atoms with Gasteiger partial charge in [-0.25, -0.2) is 0 Å². The van der Waals surface area contributed by atoms with Crippen LogP contribution in [0.15, 0.2) is 54.7 Å². The third-order valence-electron chi connectivity index (χ3n) is 4.32. The zero-order valence-electron chi connectivity index (χ0n) is 13.5. The van der Waals surface area contributed by atoms with E-state index in [4.69, 9.17) is 0 Å². The second kappa shape index (κ2) is 6.01. The van der Waals surface area contributed by atoms with Crippen molar-refractivity contribution in [3.8, 4) is 11.1 Å². The molecule has 0 aliphatic heterocycles. The summed E-state index contributed by atoms with van der Waals surface area (Å²) in [5.41, 5.74) is 4.22. The van der Waals surface area contributed by atoms with Crippen LogP contribution in [0.1, 0.15) is 16.8 Å². The van der Waals surface area contributed by atoms with Crippen LogP contribution in [-0.2, 0) is 23.9 Å². The maximum absolute atomic E-state index is 12.6. The lowest BCUT2D eigenvalue weighted by Crippen LogP contribution is -2.19. The van der Waals surface area contributed by atoms with E-state index < -0.39 is 17.8 Å². The van der Waals surface area contributed by atoms with Crippen LogP contribution >= 0.6 is 0 Å². The van der Waals surface area contributed by atoms with Crippen LogP contribution in [-0.4, -0.2) is 15.7 Å². The Kier molecular flexibility index (Phi) is 3.79. The van der Waals surface area contributed by atoms with Gasteiger partial charge in [-0.3, -0.25) is 9.48 Å². The summed E-state index contributed by atoms with van der Waals surface area (Å²) in [6.07, 6.45) is -2.52. The number of rotatable bonds is 3. The van der Waals surface area contributed by atoms with Crippen molar-refractivity contribution in [1.82, 2.24) is 9.78 Å². The average molecular weight is 357 g/mol. The fourth-order valence-corrected chi connectivity index (χ4v) is 3.15. The number of carbonyl (C=O) groups is 1. The summed E-state index contributed by atoms with van der Waals surface area (Å²) in [6, 6.07) is 14.6. The Hall–Kier alpha value is -3.09. The van der Waals surface area contributed by atoms with Crippen LogP contribution in [0.3, 0.4) is 0 Å². The fourth-order valence-electron chi connectivity index (χ4n) is 3.15. The standard InChI is InChI=1S/C19H14F3N3O/c20-19(21,22)17-7-8-25(24-17)11-18(26)23-14-6-5-13-9-12-3-1-2-4-15(12)16(13)10-14/h1-8,10H,9,11H2,(H,23,26). The van der Waals surface area contributed by atoms with E-state index in [1.54, 1.807) is 6.07 Å². The van der Waals surface area contributed by atoms with Gasteiger partial charge in [-0.2, -0.15) is 18.3 Å². The predicted molar refractivity (Wildman–Crippen MR) is 90.5 cm³/mol. The van der Waals surface area contributed by atoms with Crippen LogP contribution in [0.4, 0.5) is 18.9 Å². The first-order chi connectivity index (χ1) is 12.4. The minimum Gasteiger partial charge on any atom is -0.324 e. The smallest absolute Gasteiger partial charge is 0.324 e. The zero-order valence-corrected chi connectivity index (χ0v) is 13.5. The summed E-state index contributed by atoms with van der Waals surface area (Å²) in [7, 11) is 0. The molecule has 0 fully saturated rings. The van der Waals surface area contributed by atoms with Crippen molar-refractivity contribution >= 4 is 11.6 Å². The van der Waals surface area contributed by atoms with Crippen molar-refractivity contribution in [3.63, 3.8) is 0 Å². The molecule has 4 rings (SSSR count). The number of carbonyl (C=O) groups excluding carboxylic acids is 1. The fraction of sp³-hybridized carbons (Fsp3) is 0.158. The molecule has 0 spiro atoms. The molecule has 7 heteroatoms. The molecule has 26 heavy (non-hydrogen) atoms. The molecule has 0 unspecified atom stereocenters.